The van der Waals surface area contributed by atoms with Gasteiger partial charge in [0.25, 0.3) is 0 Å². The van der Waals surface area contributed by atoms with Gasteiger partial charge in [0.15, 0.2) is 0 Å². The number of nitrogens with two attached hydrogens (primary N) is 1. The predicted octanol–water partition coefficient (Wildman–Crippen LogP) is 1.64. The lowest BCUT2D eigenvalue weighted by atomic mass is 10.1. The monoisotopic (exact) mass is 207 g/mol. The van der Waals surface area contributed by atoms with E-state index in [1.807, 2.05) is 16.8 Å². The van der Waals surface area contributed by atoms with Crippen molar-refractivity contribution in [1.82, 2.24) is 0 Å². The lowest BCUT2D eigenvalue weighted by Crippen LogP contribution is -2.13. The van der Waals surface area contributed by atoms with Crippen molar-refractivity contribution in [3.63, 3.8) is 0 Å². The summed E-state index contributed by atoms with van der Waals surface area (Å²) >= 11 is 1.52. The van der Waals surface area contributed by atoms with Gasteiger partial charge < -0.3 is 10.8 Å². The first-order valence-corrected chi connectivity index (χ1v) is 4.14. The average molecular weight is 208 g/mol. The Morgan fingerprint density at radius 3 is 2.83 bits per heavy atom. The van der Waals surface area contributed by atoms with Crippen molar-refractivity contribution in [2.75, 3.05) is 0 Å². The minimum absolute atomic E-state index is 0. The topological polar surface area (TPSA) is 63.3 Å². The highest BCUT2D eigenvalue weighted by molar-refractivity contribution is 7.07. The molecule has 0 aromatic carbocycles. The van der Waals surface area contributed by atoms with Crippen LogP contribution in [0.25, 0.3) is 0 Å². The summed E-state index contributed by atoms with van der Waals surface area (Å²) in [6.07, 6.45) is -0.00324. The Kier molecular flexibility index (Phi) is 4.89. The Labute approximate surface area is 80.6 Å². The molecule has 3 N–H and O–H groups in total. The predicted molar refractivity (Wildman–Crippen MR) is 50.7 cm³/mol. The number of aliphatic carboxylic acids is 1. The van der Waals surface area contributed by atoms with Crippen LogP contribution in [0.15, 0.2) is 16.8 Å². The van der Waals surface area contributed by atoms with Gasteiger partial charge in [-0.05, 0) is 22.4 Å². The number of halogens is 1. The third-order valence-corrected chi connectivity index (χ3v) is 2.07. The molecule has 3 nitrogen and oxygen atoms in total. The highest BCUT2D eigenvalue weighted by Crippen LogP contribution is 2.16. The van der Waals surface area contributed by atoms with E-state index >= 15 is 0 Å². The summed E-state index contributed by atoms with van der Waals surface area (Å²) in [5, 5.41) is 12.2. The van der Waals surface area contributed by atoms with E-state index in [0.717, 1.165) is 5.56 Å². The number of carboxylic acids is 1. The largest absolute Gasteiger partial charge is 0.481 e. The molecule has 0 amide bonds. The smallest absolute Gasteiger partial charge is 0.305 e. The fourth-order valence-electron chi connectivity index (χ4n) is 0.792. The second-order valence-corrected chi connectivity index (χ2v) is 3.04. The van der Waals surface area contributed by atoms with Crippen molar-refractivity contribution in [2.45, 2.75) is 12.5 Å². The molecule has 5 heteroatoms. The maximum Gasteiger partial charge on any atom is 0.305 e. The molecule has 12 heavy (non-hydrogen) atoms. The fourth-order valence-corrected chi connectivity index (χ4v) is 1.52. The van der Waals surface area contributed by atoms with Crippen molar-refractivity contribution in [1.29, 1.82) is 0 Å². The molecule has 0 fully saturated rings. The Morgan fingerprint density at radius 1 is 1.75 bits per heavy atom. The molecule has 1 aromatic heterocycles. The number of thiophene rings is 1. The maximum atomic E-state index is 10.2. The molecular weight excluding hydrogens is 198 g/mol. The molecule has 0 saturated heterocycles. The molecule has 1 atom stereocenters. The first-order valence-electron chi connectivity index (χ1n) is 3.19. The van der Waals surface area contributed by atoms with E-state index in [2.05, 4.69) is 0 Å². The third kappa shape index (κ3) is 3.21. The van der Waals surface area contributed by atoms with Gasteiger partial charge in [0.2, 0.25) is 0 Å². The van der Waals surface area contributed by atoms with E-state index in [4.69, 9.17) is 10.8 Å². The van der Waals surface area contributed by atoms with Crippen LogP contribution in [0.4, 0.5) is 0 Å². The summed E-state index contributed by atoms with van der Waals surface area (Å²) < 4.78 is 0. The highest BCUT2D eigenvalue weighted by atomic mass is 35.5. The Bertz CT molecular complexity index is 238. The van der Waals surface area contributed by atoms with E-state index < -0.39 is 5.97 Å². The number of carbonyl (C=O) groups is 1. The molecule has 0 aliphatic rings. The first kappa shape index (κ1) is 11.4. The van der Waals surface area contributed by atoms with Gasteiger partial charge in [0.1, 0.15) is 0 Å². The van der Waals surface area contributed by atoms with E-state index in [0.29, 0.717) is 0 Å². The molecule has 0 saturated carbocycles. The minimum Gasteiger partial charge on any atom is -0.481 e. The van der Waals surface area contributed by atoms with Crippen LogP contribution in [0.2, 0.25) is 0 Å². The fraction of sp³-hybridized carbons (Fsp3) is 0.286. The van der Waals surface area contributed by atoms with Crippen LogP contribution in [0.1, 0.15) is 18.0 Å². The zero-order valence-corrected chi connectivity index (χ0v) is 7.90. The Balaban J connectivity index is 0.00000121. The number of carboxylic acid groups (broad SMARTS) is 1. The molecule has 0 bridgehead atoms. The normalized spacial score (nSPS) is 11.8. The van der Waals surface area contributed by atoms with Crippen LogP contribution in [0, 0.1) is 0 Å². The van der Waals surface area contributed by atoms with Gasteiger partial charge in [-0.15, -0.1) is 12.4 Å². The lowest BCUT2D eigenvalue weighted by molar-refractivity contribution is -0.137. The van der Waals surface area contributed by atoms with Crippen molar-refractivity contribution >= 4 is 29.7 Å². The standard InChI is InChI=1S/C7H9NO2S.ClH/c8-6(3-7(9)10)5-1-2-11-4-5;/h1-2,4,6H,3,8H2,(H,9,10);1H/t6-;/m0./s1. The molecule has 0 aliphatic heterocycles. The molecule has 0 aliphatic carbocycles. The number of hydrogen-bond acceptors (Lipinski definition) is 3. The van der Waals surface area contributed by atoms with Crippen LogP contribution in [0.3, 0.4) is 0 Å². The van der Waals surface area contributed by atoms with E-state index in [-0.39, 0.29) is 24.9 Å². The Hall–Kier alpha value is -0.580. The summed E-state index contributed by atoms with van der Waals surface area (Å²) in [4.78, 5) is 10.2. The van der Waals surface area contributed by atoms with Gasteiger partial charge in [0.05, 0.1) is 6.42 Å². The SMILES string of the molecule is Cl.N[C@@H](CC(=O)O)c1ccsc1. The zero-order chi connectivity index (χ0) is 8.27. The Morgan fingerprint density at radius 2 is 2.42 bits per heavy atom. The minimum atomic E-state index is -0.858. The summed E-state index contributed by atoms with van der Waals surface area (Å²) in [6.45, 7) is 0. The molecule has 1 aromatic rings. The average Bonchev–Trinajstić information content (AvgIpc) is 2.35. The van der Waals surface area contributed by atoms with Gasteiger partial charge in [0, 0.05) is 6.04 Å². The molecule has 0 unspecified atom stereocenters. The van der Waals surface area contributed by atoms with E-state index in [1.54, 1.807) is 0 Å². The second-order valence-electron chi connectivity index (χ2n) is 2.26. The summed E-state index contributed by atoms with van der Waals surface area (Å²) in [7, 11) is 0. The van der Waals surface area contributed by atoms with Crippen molar-refractivity contribution < 1.29 is 9.90 Å². The highest BCUT2D eigenvalue weighted by Gasteiger charge is 2.09. The summed E-state index contributed by atoms with van der Waals surface area (Å²) in [6, 6.07) is 1.48. The third-order valence-electron chi connectivity index (χ3n) is 1.37. The molecular formula is C7H10ClNO2S. The zero-order valence-electron chi connectivity index (χ0n) is 6.27. The van der Waals surface area contributed by atoms with Gasteiger partial charge in [-0.3, -0.25) is 4.79 Å². The van der Waals surface area contributed by atoms with Gasteiger partial charge in [-0.1, -0.05) is 0 Å². The lowest BCUT2D eigenvalue weighted by Gasteiger charge is -2.04. The van der Waals surface area contributed by atoms with Crippen molar-refractivity contribution in [3.05, 3.63) is 22.4 Å². The van der Waals surface area contributed by atoms with E-state index in [9.17, 15) is 4.79 Å². The van der Waals surface area contributed by atoms with Crippen LogP contribution >= 0.6 is 23.7 Å². The van der Waals surface area contributed by atoms with Crippen molar-refractivity contribution in [3.8, 4) is 0 Å². The molecule has 68 valence electrons. The quantitative estimate of drug-likeness (QED) is 0.792. The second kappa shape index (κ2) is 5.13. The molecule has 1 rings (SSSR count). The molecule has 0 spiro atoms. The number of hydrogen-bond donors (Lipinski definition) is 2. The van der Waals surface area contributed by atoms with Gasteiger partial charge in [-0.2, -0.15) is 11.3 Å². The van der Waals surface area contributed by atoms with Crippen LogP contribution < -0.4 is 5.73 Å². The van der Waals surface area contributed by atoms with Crippen LogP contribution in [-0.2, 0) is 4.79 Å². The summed E-state index contributed by atoms with van der Waals surface area (Å²) in [5.41, 5.74) is 6.47. The first-order chi connectivity index (χ1) is 5.20. The molecule has 0 radical (unpaired) electrons. The maximum absolute atomic E-state index is 10.2. The van der Waals surface area contributed by atoms with Crippen LogP contribution in [-0.4, -0.2) is 11.1 Å². The van der Waals surface area contributed by atoms with Crippen molar-refractivity contribution in [2.24, 2.45) is 5.73 Å². The van der Waals surface area contributed by atoms with Gasteiger partial charge in [-0.25, -0.2) is 0 Å². The number of rotatable bonds is 3. The summed E-state index contributed by atoms with van der Waals surface area (Å²) in [5.74, 6) is -0.858. The molecule has 1 heterocycles. The van der Waals surface area contributed by atoms with Gasteiger partial charge >= 0.3 is 5.97 Å². The van der Waals surface area contributed by atoms with Crippen LogP contribution in [0.5, 0.6) is 0 Å². The van der Waals surface area contributed by atoms with E-state index in [1.165, 1.54) is 11.3 Å².